The Morgan fingerprint density at radius 1 is 1.29 bits per heavy atom. The van der Waals surface area contributed by atoms with E-state index in [0.717, 1.165) is 36.6 Å². The number of piperidine rings is 1. The van der Waals surface area contributed by atoms with Gasteiger partial charge in [-0.15, -0.1) is 0 Å². The van der Waals surface area contributed by atoms with E-state index in [1.807, 2.05) is 18.2 Å². The van der Waals surface area contributed by atoms with Crippen molar-refractivity contribution in [2.75, 3.05) is 18.0 Å². The molecule has 24 heavy (non-hydrogen) atoms. The van der Waals surface area contributed by atoms with Gasteiger partial charge in [0.05, 0.1) is 10.2 Å². The topological polar surface area (TPSA) is 71.0 Å². The molecule has 6 nitrogen and oxygen atoms in total. The van der Waals surface area contributed by atoms with Crippen LogP contribution in [0.25, 0.3) is 10.2 Å². The molecule has 1 aliphatic heterocycles. The van der Waals surface area contributed by atoms with E-state index >= 15 is 0 Å². The van der Waals surface area contributed by atoms with Gasteiger partial charge >= 0.3 is 0 Å². The van der Waals surface area contributed by atoms with Crippen molar-refractivity contribution < 1.29 is 4.79 Å². The summed E-state index contributed by atoms with van der Waals surface area (Å²) in [5.41, 5.74) is 1.44. The number of carbonyl (C=O) groups is 1. The van der Waals surface area contributed by atoms with Gasteiger partial charge in [0.1, 0.15) is 12.0 Å². The maximum atomic E-state index is 12.3. The van der Waals surface area contributed by atoms with E-state index in [9.17, 15) is 4.79 Å². The molecule has 3 aromatic rings. The van der Waals surface area contributed by atoms with Crippen molar-refractivity contribution in [3.05, 3.63) is 48.5 Å². The van der Waals surface area contributed by atoms with Gasteiger partial charge in [-0.25, -0.2) is 15.0 Å². The summed E-state index contributed by atoms with van der Waals surface area (Å²) < 4.78 is 1.19. The molecule has 7 heteroatoms. The average Bonchev–Trinajstić information content (AvgIpc) is 3.07. The van der Waals surface area contributed by atoms with Crippen LogP contribution in [0, 0.1) is 0 Å². The van der Waals surface area contributed by atoms with E-state index in [4.69, 9.17) is 4.98 Å². The van der Waals surface area contributed by atoms with E-state index in [1.165, 1.54) is 11.0 Å². The lowest BCUT2D eigenvalue weighted by Gasteiger charge is -2.32. The summed E-state index contributed by atoms with van der Waals surface area (Å²) in [5.74, 6) is -0.145. The van der Waals surface area contributed by atoms with Crippen molar-refractivity contribution in [3.8, 4) is 0 Å². The number of hydrogen-bond acceptors (Lipinski definition) is 6. The number of nitrogens with zero attached hydrogens (tertiary/aromatic N) is 4. The first kappa shape index (κ1) is 15.0. The van der Waals surface area contributed by atoms with E-state index in [1.54, 1.807) is 23.6 Å². The summed E-state index contributed by atoms with van der Waals surface area (Å²) in [6.45, 7) is 1.75. The molecule has 1 amide bonds. The average molecular weight is 339 g/mol. The molecule has 2 aromatic heterocycles. The molecular weight excluding hydrogens is 322 g/mol. The molecular formula is C17H17N5OS. The molecule has 1 aromatic carbocycles. The highest BCUT2D eigenvalue weighted by Gasteiger charge is 2.24. The van der Waals surface area contributed by atoms with Crippen LogP contribution in [0.5, 0.6) is 0 Å². The molecule has 1 fully saturated rings. The van der Waals surface area contributed by atoms with E-state index in [2.05, 4.69) is 26.3 Å². The molecule has 0 saturated carbocycles. The Bertz CT molecular complexity index is 817. The van der Waals surface area contributed by atoms with Gasteiger partial charge in [0.25, 0.3) is 5.91 Å². The fourth-order valence-corrected chi connectivity index (χ4v) is 3.95. The Hall–Kier alpha value is -2.54. The molecule has 3 heterocycles. The van der Waals surface area contributed by atoms with Crippen molar-refractivity contribution in [2.45, 2.75) is 18.9 Å². The summed E-state index contributed by atoms with van der Waals surface area (Å²) in [7, 11) is 0. The molecule has 1 saturated heterocycles. The smallest absolute Gasteiger partial charge is 0.270 e. The molecule has 122 valence electrons. The number of rotatable bonds is 3. The van der Waals surface area contributed by atoms with Gasteiger partial charge in [-0.1, -0.05) is 23.5 Å². The zero-order valence-electron chi connectivity index (χ0n) is 13.1. The highest BCUT2D eigenvalue weighted by molar-refractivity contribution is 7.22. The quantitative estimate of drug-likeness (QED) is 0.794. The molecule has 1 N–H and O–H groups in total. The van der Waals surface area contributed by atoms with Gasteiger partial charge in [-0.3, -0.25) is 4.79 Å². The lowest BCUT2D eigenvalue weighted by molar-refractivity contribution is 0.0928. The number of aromatic nitrogens is 3. The minimum atomic E-state index is -0.145. The van der Waals surface area contributed by atoms with Crippen LogP contribution >= 0.6 is 11.3 Å². The van der Waals surface area contributed by atoms with Crippen LogP contribution in [0.3, 0.4) is 0 Å². The summed E-state index contributed by atoms with van der Waals surface area (Å²) in [5, 5.41) is 4.10. The van der Waals surface area contributed by atoms with Gasteiger partial charge in [0.15, 0.2) is 5.13 Å². The number of carbonyl (C=O) groups excluding carboxylic acids is 1. The standard InChI is InChI=1S/C17H17N5OS/c23-16(14-7-8-18-11-19-14)20-12-4-3-9-22(10-12)17-21-13-5-1-2-6-15(13)24-17/h1-2,5-8,11-12H,3-4,9-10H2,(H,20,23). The lowest BCUT2D eigenvalue weighted by Crippen LogP contribution is -2.48. The second-order valence-corrected chi connectivity index (χ2v) is 6.83. The van der Waals surface area contributed by atoms with Crippen LogP contribution in [0.2, 0.25) is 0 Å². The van der Waals surface area contributed by atoms with Crippen LogP contribution in [0.15, 0.2) is 42.9 Å². The Labute approximate surface area is 143 Å². The van der Waals surface area contributed by atoms with Gasteiger partial charge in [0.2, 0.25) is 0 Å². The molecule has 0 aliphatic carbocycles. The summed E-state index contributed by atoms with van der Waals surface area (Å²) in [4.78, 5) is 27.1. The van der Waals surface area contributed by atoms with Crippen LogP contribution in [-0.2, 0) is 0 Å². The minimum absolute atomic E-state index is 0.105. The van der Waals surface area contributed by atoms with Crippen molar-refractivity contribution >= 4 is 32.6 Å². The fraction of sp³-hybridized carbons (Fsp3) is 0.294. The van der Waals surface area contributed by atoms with E-state index in [-0.39, 0.29) is 11.9 Å². The molecule has 1 atom stereocenters. The molecule has 1 unspecified atom stereocenters. The number of fused-ring (bicyclic) bond motifs is 1. The number of thiazole rings is 1. The van der Waals surface area contributed by atoms with Gasteiger partial charge in [-0.2, -0.15) is 0 Å². The third kappa shape index (κ3) is 3.07. The van der Waals surface area contributed by atoms with Gasteiger partial charge < -0.3 is 10.2 Å². The lowest BCUT2D eigenvalue weighted by atomic mass is 10.1. The third-order valence-electron chi connectivity index (χ3n) is 4.12. The zero-order valence-corrected chi connectivity index (χ0v) is 13.9. The Kier molecular flexibility index (Phi) is 4.08. The SMILES string of the molecule is O=C(NC1CCCN(c2nc3ccccc3s2)C1)c1ccncn1. The predicted molar refractivity (Wildman–Crippen MR) is 94.4 cm³/mol. The predicted octanol–water partition coefficient (Wildman–Crippen LogP) is 2.49. The number of anilines is 1. The number of benzene rings is 1. The highest BCUT2D eigenvalue weighted by Crippen LogP contribution is 2.30. The van der Waals surface area contributed by atoms with Crippen molar-refractivity contribution in [1.29, 1.82) is 0 Å². The van der Waals surface area contributed by atoms with Crippen molar-refractivity contribution in [2.24, 2.45) is 0 Å². The Morgan fingerprint density at radius 3 is 3.04 bits per heavy atom. The minimum Gasteiger partial charge on any atom is -0.346 e. The van der Waals surface area contributed by atoms with Crippen LogP contribution in [0.1, 0.15) is 23.3 Å². The normalized spacial score (nSPS) is 17.8. The third-order valence-corrected chi connectivity index (χ3v) is 5.22. The summed E-state index contributed by atoms with van der Waals surface area (Å²) in [6.07, 6.45) is 4.97. The van der Waals surface area contributed by atoms with Crippen molar-refractivity contribution in [1.82, 2.24) is 20.3 Å². The molecule has 0 bridgehead atoms. The maximum Gasteiger partial charge on any atom is 0.270 e. The number of hydrogen-bond donors (Lipinski definition) is 1. The maximum absolute atomic E-state index is 12.3. The first-order chi connectivity index (χ1) is 11.8. The fourth-order valence-electron chi connectivity index (χ4n) is 2.95. The highest BCUT2D eigenvalue weighted by atomic mass is 32.1. The molecule has 0 spiro atoms. The van der Waals surface area contributed by atoms with Crippen LogP contribution in [0.4, 0.5) is 5.13 Å². The van der Waals surface area contributed by atoms with E-state index < -0.39 is 0 Å². The monoisotopic (exact) mass is 339 g/mol. The molecule has 0 radical (unpaired) electrons. The number of amides is 1. The van der Waals surface area contributed by atoms with Gasteiger partial charge in [0, 0.05) is 25.3 Å². The zero-order chi connectivity index (χ0) is 16.4. The summed E-state index contributed by atoms with van der Waals surface area (Å²) >= 11 is 1.70. The Morgan fingerprint density at radius 2 is 2.21 bits per heavy atom. The van der Waals surface area contributed by atoms with E-state index in [0.29, 0.717) is 5.69 Å². The Balaban J connectivity index is 1.46. The summed E-state index contributed by atoms with van der Waals surface area (Å²) in [6, 6.07) is 9.90. The number of nitrogens with one attached hydrogen (secondary N) is 1. The van der Waals surface area contributed by atoms with Crippen molar-refractivity contribution in [3.63, 3.8) is 0 Å². The second kappa shape index (κ2) is 6.52. The largest absolute Gasteiger partial charge is 0.346 e. The molecule has 4 rings (SSSR count). The second-order valence-electron chi connectivity index (χ2n) is 5.82. The van der Waals surface area contributed by atoms with Crippen LogP contribution < -0.4 is 10.2 Å². The molecule has 1 aliphatic rings. The first-order valence-corrected chi connectivity index (χ1v) is 8.78. The van der Waals surface area contributed by atoms with Crippen LogP contribution in [-0.4, -0.2) is 40.0 Å². The van der Waals surface area contributed by atoms with Gasteiger partial charge in [-0.05, 0) is 31.0 Å². The first-order valence-electron chi connectivity index (χ1n) is 7.97. The number of para-hydroxylation sites is 1.